The van der Waals surface area contributed by atoms with Gasteiger partial charge in [-0.1, -0.05) is 36.8 Å². The number of carbonyl (C=O) groups is 1. The first-order valence-corrected chi connectivity index (χ1v) is 11.2. The molecule has 2 aliphatic heterocycles. The Hall–Kier alpha value is -2.86. The van der Waals surface area contributed by atoms with Gasteiger partial charge in [0, 0.05) is 30.6 Å². The molecule has 2 aliphatic rings. The van der Waals surface area contributed by atoms with Gasteiger partial charge >= 0.3 is 0 Å². The van der Waals surface area contributed by atoms with Gasteiger partial charge in [0.05, 0.1) is 5.52 Å². The smallest absolute Gasteiger partial charge is 0.272 e. The molecule has 0 spiro atoms. The van der Waals surface area contributed by atoms with Crippen LogP contribution in [0, 0.1) is 0 Å². The summed E-state index contributed by atoms with van der Waals surface area (Å²) < 4.78 is 7.75. The second-order valence-corrected chi connectivity index (χ2v) is 8.97. The molecule has 2 saturated heterocycles. The zero-order valence-electron chi connectivity index (χ0n) is 18.3. The van der Waals surface area contributed by atoms with Crippen LogP contribution >= 0.6 is 0 Å². The monoisotopic (exact) mass is 418 g/mol. The Morgan fingerprint density at radius 1 is 1.10 bits per heavy atom. The topological polar surface area (TPSA) is 59.4 Å². The summed E-state index contributed by atoms with van der Waals surface area (Å²) in [4.78, 5) is 15.7. The van der Waals surface area contributed by atoms with Crippen molar-refractivity contribution in [2.45, 2.75) is 56.8 Å². The maximum absolute atomic E-state index is 13.2. The molecule has 6 nitrogen and oxygen atoms in total. The number of carbonyl (C=O) groups excluding carboxylic acids is 1. The fourth-order valence-electron chi connectivity index (χ4n) is 5.23. The highest BCUT2D eigenvalue weighted by Crippen LogP contribution is 2.33. The number of nitrogens with one attached hydrogen (secondary N) is 1. The Balaban J connectivity index is 1.33. The summed E-state index contributed by atoms with van der Waals surface area (Å²) in [5, 5.41) is 8.66. The van der Waals surface area contributed by atoms with Gasteiger partial charge in [-0.15, -0.1) is 0 Å². The van der Waals surface area contributed by atoms with Crippen molar-refractivity contribution in [3.8, 4) is 5.75 Å². The molecule has 3 aromatic rings. The van der Waals surface area contributed by atoms with E-state index >= 15 is 0 Å². The number of ether oxygens (including phenoxy) is 1. The lowest BCUT2D eigenvalue weighted by molar-refractivity contribution is 0.0462. The highest BCUT2D eigenvalue weighted by Gasteiger charge is 2.36. The first-order valence-electron chi connectivity index (χ1n) is 11.2. The summed E-state index contributed by atoms with van der Waals surface area (Å²) in [5.41, 5.74) is 2.52. The fraction of sp³-hybridized carbons (Fsp3) is 0.440. The summed E-state index contributed by atoms with van der Waals surface area (Å²) in [7, 11) is 4.11. The number of fused-ring (bicyclic) bond motifs is 3. The zero-order chi connectivity index (χ0) is 21.4. The van der Waals surface area contributed by atoms with E-state index in [0.29, 0.717) is 24.4 Å². The predicted octanol–water partition coefficient (Wildman–Crippen LogP) is 3.90. The van der Waals surface area contributed by atoms with Gasteiger partial charge in [0.1, 0.15) is 12.4 Å². The van der Waals surface area contributed by atoms with Crippen LogP contribution in [0.5, 0.6) is 5.75 Å². The van der Waals surface area contributed by atoms with Crippen molar-refractivity contribution in [2.75, 3.05) is 7.05 Å². The third-order valence-electron chi connectivity index (χ3n) is 6.96. The van der Waals surface area contributed by atoms with Crippen LogP contribution in [0.15, 0.2) is 48.5 Å². The van der Waals surface area contributed by atoms with E-state index in [2.05, 4.69) is 22.4 Å². The average Bonchev–Trinajstić information content (AvgIpc) is 3.10. The number of aryl methyl sites for hydroxylation is 1. The second-order valence-electron chi connectivity index (χ2n) is 8.97. The van der Waals surface area contributed by atoms with Crippen LogP contribution in [0.4, 0.5) is 0 Å². The lowest BCUT2D eigenvalue weighted by Crippen LogP contribution is -2.55. The highest BCUT2D eigenvalue weighted by molar-refractivity contribution is 6.05. The van der Waals surface area contributed by atoms with Crippen molar-refractivity contribution in [1.29, 1.82) is 0 Å². The molecule has 0 saturated carbocycles. The molecule has 2 fully saturated rings. The SMILES string of the molecule is CN1[C@H]2CCC[C@H]1CC(NC(=O)c1nn(C)c3ccc(OCc4ccccc4)cc13)C2. The maximum Gasteiger partial charge on any atom is 0.272 e. The quantitative estimate of drug-likeness (QED) is 0.683. The Morgan fingerprint density at radius 2 is 1.84 bits per heavy atom. The van der Waals surface area contributed by atoms with Crippen LogP contribution in [-0.2, 0) is 13.7 Å². The molecule has 1 N–H and O–H groups in total. The zero-order valence-corrected chi connectivity index (χ0v) is 18.3. The number of benzene rings is 2. The molecule has 0 aliphatic carbocycles. The Labute approximate surface area is 183 Å². The van der Waals surface area contributed by atoms with Gasteiger partial charge in [0.15, 0.2) is 5.69 Å². The summed E-state index contributed by atoms with van der Waals surface area (Å²) in [6.07, 6.45) is 5.81. The van der Waals surface area contributed by atoms with Gasteiger partial charge in [0.2, 0.25) is 0 Å². The molecule has 2 atom stereocenters. The van der Waals surface area contributed by atoms with Gasteiger partial charge < -0.3 is 15.0 Å². The molecular weight excluding hydrogens is 388 g/mol. The maximum atomic E-state index is 13.2. The molecule has 3 heterocycles. The number of hydrogen-bond acceptors (Lipinski definition) is 4. The van der Waals surface area contributed by atoms with Crippen LogP contribution in [0.1, 0.15) is 48.2 Å². The van der Waals surface area contributed by atoms with Crippen molar-refractivity contribution in [3.05, 3.63) is 59.8 Å². The number of hydrogen-bond donors (Lipinski definition) is 1. The summed E-state index contributed by atoms with van der Waals surface area (Å²) in [6, 6.07) is 17.3. The number of nitrogens with zero attached hydrogens (tertiary/aromatic N) is 3. The number of aromatic nitrogens is 2. The fourth-order valence-corrected chi connectivity index (χ4v) is 5.23. The standard InChI is InChI=1S/C25H30N4O2/c1-28-19-9-6-10-20(28)14-18(13-19)26-25(30)24-22-15-21(11-12-23(22)29(2)27-24)31-16-17-7-4-3-5-8-17/h3-5,7-8,11-12,15,18-20H,6,9-10,13-14,16H2,1-2H3,(H,26,30)/t19-,20-/m0/s1. The molecule has 2 aromatic carbocycles. The second kappa shape index (κ2) is 8.35. The normalized spacial score (nSPS) is 23.6. The van der Waals surface area contributed by atoms with E-state index in [-0.39, 0.29) is 11.9 Å². The minimum Gasteiger partial charge on any atom is -0.489 e. The predicted molar refractivity (Wildman–Crippen MR) is 121 cm³/mol. The van der Waals surface area contributed by atoms with E-state index < -0.39 is 0 Å². The average molecular weight is 419 g/mol. The van der Waals surface area contributed by atoms with Gasteiger partial charge in [-0.05, 0) is 56.5 Å². The molecule has 0 unspecified atom stereocenters. The van der Waals surface area contributed by atoms with Gasteiger partial charge in [-0.2, -0.15) is 5.10 Å². The molecule has 162 valence electrons. The van der Waals surface area contributed by atoms with Crippen LogP contribution in [0.25, 0.3) is 10.9 Å². The van der Waals surface area contributed by atoms with Crippen molar-refractivity contribution in [1.82, 2.24) is 20.0 Å². The van der Waals surface area contributed by atoms with E-state index in [4.69, 9.17) is 4.74 Å². The number of piperidine rings is 2. The van der Waals surface area contributed by atoms with Crippen molar-refractivity contribution in [3.63, 3.8) is 0 Å². The number of amides is 1. The van der Waals surface area contributed by atoms with Crippen LogP contribution in [-0.4, -0.2) is 45.8 Å². The van der Waals surface area contributed by atoms with Gasteiger partial charge in [0.25, 0.3) is 5.91 Å². The van der Waals surface area contributed by atoms with Gasteiger partial charge in [-0.3, -0.25) is 9.48 Å². The largest absolute Gasteiger partial charge is 0.489 e. The van der Waals surface area contributed by atoms with Crippen LogP contribution in [0.2, 0.25) is 0 Å². The van der Waals surface area contributed by atoms with E-state index in [1.807, 2.05) is 55.6 Å². The molecule has 2 bridgehead atoms. The van der Waals surface area contributed by atoms with Crippen molar-refractivity contribution < 1.29 is 9.53 Å². The summed E-state index contributed by atoms with van der Waals surface area (Å²) in [6.45, 7) is 0.493. The Kier molecular flexibility index (Phi) is 5.40. The first-order chi connectivity index (χ1) is 15.1. The molecule has 0 radical (unpaired) electrons. The molecule has 1 aromatic heterocycles. The highest BCUT2D eigenvalue weighted by atomic mass is 16.5. The van der Waals surface area contributed by atoms with E-state index in [1.165, 1.54) is 19.3 Å². The van der Waals surface area contributed by atoms with Crippen molar-refractivity contribution >= 4 is 16.8 Å². The lowest BCUT2D eigenvalue weighted by atomic mass is 9.82. The minimum absolute atomic E-state index is 0.0848. The third kappa shape index (κ3) is 4.04. The first kappa shape index (κ1) is 20.1. The van der Waals surface area contributed by atoms with Crippen LogP contribution < -0.4 is 10.1 Å². The van der Waals surface area contributed by atoms with E-state index in [1.54, 1.807) is 4.68 Å². The lowest BCUT2D eigenvalue weighted by Gasteiger charge is -2.47. The van der Waals surface area contributed by atoms with E-state index in [9.17, 15) is 4.79 Å². The Bertz CT molecular complexity index is 1060. The number of rotatable bonds is 5. The molecular formula is C25H30N4O2. The summed E-state index contributed by atoms with van der Waals surface area (Å²) in [5.74, 6) is 0.658. The minimum atomic E-state index is -0.0848. The summed E-state index contributed by atoms with van der Waals surface area (Å²) >= 11 is 0. The van der Waals surface area contributed by atoms with Crippen LogP contribution in [0.3, 0.4) is 0 Å². The van der Waals surface area contributed by atoms with E-state index in [0.717, 1.165) is 35.1 Å². The molecule has 31 heavy (non-hydrogen) atoms. The Morgan fingerprint density at radius 3 is 2.58 bits per heavy atom. The molecule has 5 rings (SSSR count). The van der Waals surface area contributed by atoms with Crippen molar-refractivity contribution in [2.24, 2.45) is 7.05 Å². The van der Waals surface area contributed by atoms with Gasteiger partial charge in [-0.25, -0.2) is 0 Å². The molecule has 6 heteroatoms. The molecule has 1 amide bonds. The third-order valence-corrected chi connectivity index (χ3v) is 6.96.